The van der Waals surface area contributed by atoms with E-state index < -0.39 is 0 Å². The molecule has 1 heterocycles. The molecule has 0 saturated heterocycles. The van der Waals surface area contributed by atoms with Crippen LogP contribution >= 0.6 is 11.3 Å². The summed E-state index contributed by atoms with van der Waals surface area (Å²) in [6.45, 7) is 0. The van der Waals surface area contributed by atoms with E-state index in [1.54, 1.807) is 11.3 Å². The Morgan fingerprint density at radius 1 is 0.941 bits per heavy atom. The van der Waals surface area contributed by atoms with Crippen molar-refractivity contribution >= 4 is 21.4 Å². The largest absolute Gasteiger partial charge is 0.251 e. The summed E-state index contributed by atoms with van der Waals surface area (Å²) in [6.07, 6.45) is 0. The monoisotopic (exact) mass is 260 g/mol. The van der Waals surface area contributed by atoms with Gasteiger partial charge in [0.25, 0.3) is 5.88 Å². The molecule has 2 heteroatoms. The molecular formula is C15H13ClS+2. The van der Waals surface area contributed by atoms with E-state index in [0.29, 0.717) is 0 Å². The molecule has 3 aromatic rings. The number of hydrogen-bond donors (Lipinski definition) is 0. The van der Waals surface area contributed by atoms with E-state index in [1.807, 2.05) is 6.07 Å². The minimum Gasteiger partial charge on any atom is -0.143 e. The Morgan fingerprint density at radius 3 is 2.53 bits per heavy atom. The van der Waals surface area contributed by atoms with E-state index in [1.165, 1.54) is 26.8 Å². The van der Waals surface area contributed by atoms with E-state index >= 15 is 0 Å². The van der Waals surface area contributed by atoms with Gasteiger partial charge >= 0.3 is 0 Å². The smallest absolute Gasteiger partial charge is 0.143 e. The maximum atomic E-state index is 4.38. The fraction of sp³-hybridized carbons (Fsp3) is 0.0667. The van der Waals surface area contributed by atoms with E-state index in [-0.39, 0.29) is 0 Å². The Balaban J connectivity index is 2.19. The average molecular weight is 261 g/mol. The molecule has 3 rings (SSSR count). The Morgan fingerprint density at radius 2 is 1.76 bits per heavy atom. The predicted molar refractivity (Wildman–Crippen MR) is 73.8 cm³/mol. The summed E-state index contributed by atoms with van der Waals surface area (Å²) in [5.41, 5.74) is 3.87. The van der Waals surface area contributed by atoms with Gasteiger partial charge in [-0.2, -0.15) is 0 Å². The Hall–Kier alpha value is -1.31. The highest BCUT2D eigenvalue weighted by molar-refractivity contribution is 7.17. The van der Waals surface area contributed by atoms with Gasteiger partial charge in [-0.25, -0.2) is 0 Å². The lowest BCUT2D eigenvalue weighted by Crippen LogP contribution is -1.79. The van der Waals surface area contributed by atoms with Gasteiger partial charge in [0.2, 0.25) is 0 Å². The van der Waals surface area contributed by atoms with Crippen LogP contribution in [-0.4, -0.2) is 0 Å². The third-order valence-corrected chi connectivity index (χ3v) is 4.28. The second kappa shape index (κ2) is 4.52. The summed E-state index contributed by atoms with van der Waals surface area (Å²) < 4.78 is 1.34. The molecule has 2 aromatic carbocycles. The van der Waals surface area contributed by atoms with Crippen molar-refractivity contribution in [1.29, 1.82) is 0 Å². The Bertz CT molecular complexity index is 640. The first kappa shape index (κ1) is 10.8. The van der Waals surface area contributed by atoms with Crippen molar-refractivity contribution in [2.75, 3.05) is 0 Å². The molecule has 0 aliphatic rings. The highest BCUT2D eigenvalue weighted by Gasteiger charge is 2.08. The lowest BCUT2D eigenvalue weighted by Gasteiger charge is -2.01. The zero-order valence-electron chi connectivity index (χ0n) is 9.26. The topological polar surface area (TPSA) is 0 Å². The van der Waals surface area contributed by atoms with Crippen molar-refractivity contribution in [3.8, 4) is 11.1 Å². The summed E-state index contributed by atoms with van der Waals surface area (Å²) in [5.74, 6) is 0.804. The highest BCUT2D eigenvalue weighted by atomic mass is 35.5. The second-order valence-corrected chi connectivity index (χ2v) is 5.22. The summed E-state index contributed by atoms with van der Waals surface area (Å²) in [6, 6.07) is 17.2. The highest BCUT2D eigenvalue weighted by Crippen LogP contribution is 2.30. The molecule has 0 atom stereocenters. The molecule has 0 unspecified atom stereocenters. The van der Waals surface area contributed by atoms with Gasteiger partial charge in [0.1, 0.15) is 0 Å². The van der Waals surface area contributed by atoms with Crippen LogP contribution in [0.5, 0.6) is 0 Å². The van der Waals surface area contributed by atoms with Crippen LogP contribution < -0.4 is 0 Å². The van der Waals surface area contributed by atoms with Gasteiger partial charge in [0.05, 0.1) is 5.56 Å². The normalized spacial score (nSPS) is 10.9. The van der Waals surface area contributed by atoms with Gasteiger partial charge in [-0.1, -0.05) is 36.4 Å². The van der Waals surface area contributed by atoms with Crippen LogP contribution in [-0.2, 0) is 5.88 Å². The standard InChI is InChI=1S/C15H13ClS/c16-9-13-10-17-15-7-6-12(8-14(13)15)11-4-2-1-3-5-11/h1-8,10H,9,16H2/q+2. The third kappa shape index (κ3) is 1.97. The fourth-order valence-electron chi connectivity index (χ4n) is 2.01. The molecule has 84 valence electrons. The van der Waals surface area contributed by atoms with Crippen LogP contribution in [0.15, 0.2) is 53.9 Å². The molecular weight excluding hydrogens is 248 g/mol. The lowest BCUT2D eigenvalue weighted by molar-refractivity contribution is -0.386. The van der Waals surface area contributed by atoms with E-state index in [0.717, 1.165) is 5.88 Å². The number of benzene rings is 2. The minimum atomic E-state index is 0.804. The maximum Gasteiger partial charge on any atom is 0.251 e. The van der Waals surface area contributed by atoms with Gasteiger partial charge in [0, 0.05) is 15.5 Å². The number of halogens is 1. The molecule has 0 N–H and O–H groups in total. The second-order valence-electron chi connectivity index (χ2n) is 4.00. The van der Waals surface area contributed by atoms with Crippen molar-refractivity contribution in [1.82, 2.24) is 0 Å². The quantitative estimate of drug-likeness (QED) is 0.609. The lowest BCUT2D eigenvalue weighted by atomic mass is 10.0. The molecule has 0 saturated carbocycles. The first-order valence-electron chi connectivity index (χ1n) is 5.55. The van der Waals surface area contributed by atoms with E-state index in [9.17, 15) is 0 Å². The van der Waals surface area contributed by atoms with Gasteiger partial charge in [-0.05, 0) is 34.9 Å². The van der Waals surface area contributed by atoms with Crippen molar-refractivity contribution in [3.05, 3.63) is 59.5 Å². The van der Waals surface area contributed by atoms with Crippen LogP contribution in [0.2, 0.25) is 0 Å². The predicted octanol–water partition coefficient (Wildman–Crippen LogP) is 4.08. The molecule has 1 aromatic heterocycles. The molecule has 0 nitrogen and oxygen atoms in total. The first-order valence-corrected chi connectivity index (χ1v) is 7.06. The number of thiophene rings is 1. The first-order chi connectivity index (χ1) is 8.38. The van der Waals surface area contributed by atoms with Crippen molar-refractivity contribution in [2.24, 2.45) is 0 Å². The molecule has 0 aliphatic carbocycles. The van der Waals surface area contributed by atoms with Crippen molar-refractivity contribution in [3.63, 3.8) is 0 Å². The zero-order chi connectivity index (χ0) is 11.7. The van der Waals surface area contributed by atoms with Crippen LogP contribution in [0.3, 0.4) is 0 Å². The number of hydrogen-bond acceptors (Lipinski definition) is 1. The minimum absolute atomic E-state index is 0.804. The Labute approximate surface area is 109 Å². The van der Waals surface area contributed by atoms with Crippen LogP contribution in [0.4, 0.5) is 0 Å². The fourth-order valence-corrected chi connectivity index (χ4v) is 3.34. The molecule has 0 amide bonds. The third-order valence-electron chi connectivity index (χ3n) is 2.93. The molecule has 17 heavy (non-hydrogen) atoms. The average Bonchev–Trinajstić information content (AvgIpc) is 2.81. The van der Waals surface area contributed by atoms with Crippen LogP contribution in [0.1, 0.15) is 5.56 Å². The molecule has 0 bridgehead atoms. The van der Waals surface area contributed by atoms with E-state index in [4.69, 9.17) is 0 Å². The summed E-state index contributed by atoms with van der Waals surface area (Å²) >= 11 is 6.17. The van der Waals surface area contributed by atoms with Crippen LogP contribution in [0.25, 0.3) is 21.2 Å². The molecule has 0 radical (unpaired) electrons. The zero-order valence-corrected chi connectivity index (χ0v) is 11.0. The molecule has 0 fully saturated rings. The summed E-state index contributed by atoms with van der Waals surface area (Å²) in [7, 11) is 0. The number of alkyl halides is 1. The summed E-state index contributed by atoms with van der Waals surface area (Å²) in [5, 5.41) is 3.54. The maximum absolute atomic E-state index is 4.38. The molecule has 0 aliphatic heterocycles. The van der Waals surface area contributed by atoms with Gasteiger partial charge < -0.3 is 0 Å². The van der Waals surface area contributed by atoms with Crippen molar-refractivity contribution < 1.29 is 11.6 Å². The van der Waals surface area contributed by atoms with Gasteiger partial charge in [-0.3, -0.25) is 0 Å². The molecule has 0 spiro atoms. The Kier molecular flexibility index (Phi) is 2.87. The van der Waals surface area contributed by atoms with Crippen molar-refractivity contribution in [2.45, 2.75) is 5.88 Å². The van der Waals surface area contributed by atoms with Gasteiger partial charge in [0.15, 0.2) is 0 Å². The van der Waals surface area contributed by atoms with Crippen LogP contribution in [0, 0.1) is 11.6 Å². The number of rotatable bonds is 2. The summed E-state index contributed by atoms with van der Waals surface area (Å²) in [4.78, 5) is 0. The van der Waals surface area contributed by atoms with E-state index in [2.05, 4.69) is 59.4 Å². The number of fused-ring (bicyclic) bond motifs is 1. The SMILES string of the molecule is [ClH2+2]Cc1csc2ccc(-c3ccccc3)cc12. The van der Waals surface area contributed by atoms with Gasteiger partial charge in [-0.15, -0.1) is 11.3 Å².